The van der Waals surface area contributed by atoms with Crippen LogP contribution >= 0.6 is 0 Å². The van der Waals surface area contributed by atoms with Gasteiger partial charge in [0.25, 0.3) is 0 Å². The lowest BCUT2D eigenvalue weighted by Gasteiger charge is -2.11. The molecule has 0 aliphatic heterocycles. The van der Waals surface area contributed by atoms with Crippen LogP contribution in [0.3, 0.4) is 0 Å². The highest BCUT2D eigenvalue weighted by molar-refractivity contribution is 5.54. The Morgan fingerprint density at radius 2 is 1.83 bits per heavy atom. The molecule has 3 N–H and O–H groups in total. The highest BCUT2D eigenvalue weighted by atomic mass is 16.5. The molecule has 0 radical (unpaired) electrons. The Balaban J connectivity index is 1.47. The summed E-state index contributed by atoms with van der Waals surface area (Å²) in [5.41, 5.74) is 9.10. The van der Waals surface area contributed by atoms with Gasteiger partial charge in [0.05, 0.1) is 18.5 Å². The predicted molar refractivity (Wildman–Crippen MR) is 95.7 cm³/mol. The summed E-state index contributed by atoms with van der Waals surface area (Å²) in [6.45, 7) is 2.13. The maximum Gasteiger partial charge on any atom is 0.142 e. The van der Waals surface area contributed by atoms with Crippen molar-refractivity contribution in [3.05, 3.63) is 83.8 Å². The normalized spacial score (nSPS) is 10.7. The highest BCUT2D eigenvalue weighted by Crippen LogP contribution is 2.23. The van der Waals surface area contributed by atoms with Crippen LogP contribution in [0.1, 0.15) is 16.9 Å². The number of hydrogen-bond donors (Lipinski definition) is 2. The third kappa shape index (κ3) is 4.64. The number of benzene rings is 2. The minimum absolute atomic E-state index is 0.523. The second-order valence-electron chi connectivity index (χ2n) is 5.65. The zero-order valence-electron chi connectivity index (χ0n) is 13.6. The summed E-state index contributed by atoms with van der Waals surface area (Å²) in [5, 5.41) is 3.35. The third-order valence-corrected chi connectivity index (χ3v) is 3.78. The number of furan rings is 1. The summed E-state index contributed by atoms with van der Waals surface area (Å²) in [6.07, 6.45) is 2.59. The maximum absolute atomic E-state index is 6.11. The van der Waals surface area contributed by atoms with Gasteiger partial charge in [-0.15, -0.1) is 0 Å². The summed E-state index contributed by atoms with van der Waals surface area (Å²) < 4.78 is 11.1. The Hall–Kier alpha value is -2.72. The summed E-state index contributed by atoms with van der Waals surface area (Å²) >= 11 is 0. The molecule has 3 aromatic rings. The summed E-state index contributed by atoms with van der Waals surface area (Å²) in [7, 11) is 0. The van der Waals surface area contributed by atoms with Gasteiger partial charge in [-0.3, -0.25) is 0 Å². The van der Waals surface area contributed by atoms with Crippen LogP contribution in [0.15, 0.2) is 71.3 Å². The van der Waals surface area contributed by atoms with E-state index in [1.807, 2.05) is 54.6 Å². The largest absolute Gasteiger partial charge is 0.487 e. The van der Waals surface area contributed by atoms with Crippen molar-refractivity contribution in [2.75, 3.05) is 12.3 Å². The van der Waals surface area contributed by atoms with Gasteiger partial charge in [-0.25, -0.2) is 0 Å². The van der Waals surface area contributed by atoms with E-state index in [1.165, 1.54) is 5.56 Å². The fraction of sp³-hybridized carbons (Fsp3) is 0.200. The van der Waals surface area contributed by atoms with Crippen molar-refractivity contribution < 1.29 is 9.15 Å². The molecule has 0 aliphatic rings. The van der Waals surface area contributed by atoms with Crippen LogP contribution in [-0.2, 0) is 19.6 Å². The smallest absolute Gasteiger partial charge is 0.142 e. The quantitative estimate of drug-likeness (QED) is 0.489. The molecule has 3 rings (SSSR count). The number of anilines is 1. The van der Waals surface area contributed by atoms with Crippen LogP contribution in [0.25, 0.3) is 0 Å². The average molecular weight is 322 g/mol. The van der Waals surface area contributed by atoms with Crippen molar-refractivity contribution in [1.82, 2.24) is 5.32 Å². The zero-order chi connectivity index (χ0) is 16.6. The molecule has 2 aromatic carbocycles. The molecule has 0 amide bonds. The van der Waals surface area contributed by atoms with Crippen molar-refractivity contribution in [2.24, 2.45) is 0 Å². The lowest BCUT2D eigenvalue weighted by Crippen LogP contribution is -2.16. The minimum atomic E-state index is 0.523. The van der Waals surface area contributed by atoms with Crippen LogP contribution in [0.4, 0.5) is 5.69 Å². The van der Waals surface area contributed by atoms with Gasteiger partial charge in [-0.2, -0.15) is 0 Å². The number of nitrogens with one attached hydrogen (secondary N) is 1. The highest BCUT2D eigenvalue weighted by Gasteiger charge is 2.03. The number of nitrogens with two attached hydrogens (primary N) is 1. The van der Waals surface area contributed by atoms with Crippen LogP contribution in [-0.4, -0.2) is 6.54 Å². The molecule has 0 fully saturated rings. The molecule has 0 bridgehead atoms. The molecule has 4 heteroatoms. The van der Waals surface area contributed by atoms with E-state index in [4.69, 9.17) is 14.9 Å². The first-order chi connectivity index (χ1) is 11.8. The Kier molecular flexibility index (Phi) is 5.53. The number of rotatable bonds is 8. The Labute approximate surface area is 142 Å². The second-order valence-corrected chi connectivity index (χ2v) is 5.65. The molecule has 1 heterocycles. The fourth-order valence-electron chi connectivity index (χ4n) is 2.48. The Bertz CT molecular complexity index is 740. The molecule has 0 saturated heterocycles. The van der Waals surface area contributed by atoms with Gasteiger partial charge >= 0.3 is 0 Å². The zero-order valence-corrected chi connectivity index (χ0v) is 13.6. The van der Waals surface area contributed by atoms with E-state index in [1.54, 1.807) is 6.26 Å². The molecule has 0 unspecified atom stereocenters. The molecule has 1 aromatic heterocycles. The van der Waals surface area contributed by atoms with E-state index in [9.17, 15) is 0 Å². The van der Waals surface area contributed by atoms with Gasteiger partial charge < -0.3 is 20.2 Å². The molecule has 0 saturated carbocycles. The van der Waals surface area contributed by atoms with Gasteiger partial charge in [-0.05, 0) is 48.4 Å². The van der Waals surface area contributed by atoms with Gasteiger partial charge in [0.15, 0.2) is 0 Å². The van der Waals surface area contributed by atoms with Gasteiger partial charge in [0, 0.05) is 0 Å². The molecular formula is C20H22N2O2. The van der Waals surface area contributed by atoms with Crippen LogP contribution in [0.5, 0.6) is 5.75 Å². The third-order valence-electron chi connectivity index (χ3n) is 3.78. The van der Waals surface area contributed by atoms with Crippen molar-refractivity contribution >= 4 is 5.69 Å². The van der Waals surface area contributed by atoms with E-state index in [0.29, 0.717) is 12.3 Å². The molecule has 24 heavy (non-hydrogen) atoms. The monoisotopic (exact) mass is 322 g/mol. The predicted octanol–water partition coefficient (Wildman–Crippen LogP) is 3.77. The van der Waals surface area contributed by atoms with E-state index >= 15 is 0 Å². The molecule has 0 aliphatic carbocycles. The van der Waals surface area contributed by atoms with Crippen LogP contribution in [0.2, 0.25) is 0 Å². The number of nitrogen functional groups attached to an aromatic ring is 1. The van der Waals surface area contributed by atoms with E-state index in [-0.39, 0.29) is 0 Å². The van der Waals surface area contributed by atoms with Gasteiger partial charge in [0.2, 0.25) is 0 Å². The Morgan fingerprint density at radius 1 is 0.958 bits per heavy atom. The van der Waals surface area contributed by atoms with E-state index < -0.39 is 0 Å². The first-order valence-electron chi connectivity index (χ1n) is 8.09. The second kappa shape index (κ2) is 8.22. The maximum atomic E-state index is 6.11. The van der Waals surface area contributed by atoms with Crippen molar-refractivity contribution in [3.63, 3.8) is 0 Å². The molecule has 4 nitrogen and oxygen atoms in total. The molecule has 0 spiro atoms. The van der Waals surface area contributed by atoms with Crippen molar-refractivity contribution in [1.29, 1.82) is 0 Å². The van der Waals surface area contributed by atoms with E-state index in [2.05, 4.69) is 11.4 Å². The average Bonchev–Trinajstić information content (AvgIpc) is 3.12. The Morgan fingerprint density at radius 3 is 2.58 bits per heavy atom. The standard InChI is InChI=1S/C20H22N2O2/c21-19-13-16(10-11-22-14-18-7-4-12-23-18)8-9-20(19)24-15-17-5-2-1-3-6-17/h1-9,12-13,22H,10-11,14-15,21H2. The van der Waals surface area contributed by atoms with Crippen LogP contribution in [0, 0.1) is 0 Å². The lowest BCUT2D eigenvalue weighted by molar-refractivity contribution is 0.308. The van der Waals surface area contributed by atoms with E-state index in [0.717, 1.165) is 36.6 Å². The van der Waals surface area contributed by atoms with Crippen LogP contribution < -0.4 is 15.8 Å². The minimum Gasteiger partial charge on any atom is -0.487 e. The van der Waals surface area contributed by atoms with Gasteiger partial charge in [0.1, 0.15) is 18.1 Å². The van der Waals surface area contributed by atoms with Crippen molar-refractivity contribution in [2.45, 2.75) is 19.6 Å². The summed E-state index contributed by atoms with van der Waals surface area (Å²) in [6, 6.07) is 19.9. The summed E-state index contributed by atoms with van der Waals surface area (Å²) in [4.78, 5) is 0. The SMILES string of the molecule is Nc1cc(CCNCc2ccco2)ccc1OCc1ccccc1. The number of ether oxygens (including phenoxy) is 1. The molecule has 0 atom stereocenters. The van der Waals surface area contributed by atoms with Crippen molar-refractivity contribution in [3.8, 4) is 5.75 Å². The summed E-state index contributed by atoms with van der Waals surface area (Å²) in [5.74, 6) is 1.67. The molecular weight excluding hydrogens is 300 g/mol. The molecule has 124 valence electrons. The first kappa shape index (κ1) is 16.1. The first-order valence-corrected chi connectivity index (χ1v) is 8.09. The topological polar surface area (TPSA) is 60.4 Å². The lowest BCUT2D eigenvalue weighted by atomic mass is 10.1. The number of hydrogen-bond acceptors (Lipinski definition) is 4. The van der Waals surface area contributed by atoms with Gasteiger partial charge in [-0.1, -0.05) is 36.4 Å². The fourth-order valence-corrected chi connectivity index (χ4v) is 2.48.